The van der Waals surface area contributed by atoms with Gasteiger partial charge >= 0.3 is 0 Å². The first-order valence-corrected chi connectivity index (χ1v) is 15.7. The molecule has 0 atom stereocenters. The fourth-order valence-electron chi connectivity index (χ4n) is 5.85. The Morgan fingerprint density at radius 3 is 1.89 bits per heavy atom. The van der Waals surface area contributed by atoms with Crippen molar-refractivity contribution in [3.05, 3.63) is 150 Å². The highest BCUT2D eigenvalue weighted by molar-refractivity contribution is 9.10. The second-order valence-corrected chi connectivity index (χ2v) is 12.0. The van der Waals surface area contributed by atoms with Gasteiger partial charge in [0.15, 0.2) is 5.82 Å². The van der Waals surface area contributed by atoms with Crippen molar-refractivity contribution < 1.29 is 0 Å². The van der Waals surface area contributed by atoms with Crippen LogP contribution >= 0.6 is 15.9 Å². The van der Waals surface area contributed by atoms with Crippen LogP contribution < -0.4 is 5.32 Å². The Morgan fingerprint density at radius 1 is 0.511 bits per heavy atom. The van der Waals surface area contributed by atoms with Gasteiger partial charge in [-0.25, -0.2) is 15.0 Å². The second-order valence-electron chi connectivity index (χ2n) is 11.1. The molecule has 0 fully saturated rings. The summed E-state index contributed by atoms with van der Waals surface area (Å²) >= 11 is 3.78. The molecule has 0 unspecified atom stereocenters. The van der Waals surface area contributed by atoms with Gasteiger partial charge < -0.3 is 5.32 Å². The fraction of sp³-hybridized carbons (Fsp3) is 0.0250. The number of benzene rings is 5. The summed E-state index contributed by atoms with van der Waals surface area (Å²) in [6.45, 7) is 0.799. The number of hydrogen-bond acceptors (Lipinski definition) is 4. The van der Waals surface area contributed by atoms with Gasteiger partial charge in [0.2, 0.25) is 0 Å². The van der Waals surface area contributed by atoms with Crippen molar-refractivity contribution in [2.75, 3.05) is 11.9 Å². The van der Waals surface area contributed by atoms with Gasteiger partial charge in [0.1, 0.15) is 0 Å². The first-order chi connectivity index (χ1) is 22.2. The summed E-state index contributed by atoms with van der Waals surface area (Å²) < 4.78 is 0.960. The molecule has 5 aromatic carbocycles. The molecule has 8 rings (SSSR count). The summed E-state index contributed by atoms with van der Waals surface area (Å²) in [7, 11) is 0. The lowest BCUT2D eigenvalue weighted by Gasteiger charge is -2.16. The topological polar surface area (TPSA) is 50.7 Å². The molecule has 0 amide bonds. The number of anilines is 1. The summed E-state index contributed by atoms with van der Waals surface area (Å²) in [4.78, 5) is 15.3. The Bertz CT molecular complexity index is 2210. The fourth-order valence-corrected chi connectivity index (χ4v) is 6.34. The van der Waals surface area contributed by atoms with E-state index in [9.17, 15) is 0 Å². The van der Waals surface area contributed by atoms with E-state index in [-0.39, 0.29) is 0 Å². The van der Waals surface area contributed by atoms with Crippen LogP contribution in [0.15, 0.2) is 144 Å². The Balaban J connectivity index is 1.24. The maximum atomic E-state index is 5.15. The predicted octanol–water partition coefficient (Wildman–Crippen LogP) is 10.6. The summed E-state index contributed by atoms with van der Waals surface area (Å²) in [5.41, 5.74) is 12.2. The number of hydrogen-bond donors (Lipinski definition) is 1. The molecular weight excluding hydrogens is 616 g/mol. The number of aromatic nitrogens is 3. The zero-order chi connectivity index (χ0) is 30.2. The van der Waals surface area contributed by atoms with E-state index in [1.165, 1.54) is 11.1 Å². The van der Waals surface area contributed by atoms with Crippen LogP contribution in [0.4, 0.5) is 5.69 Å². The van der Waals surface area contributed by atoms with Crippen molar-refractivity contribution in [1.29, 1.82) is 0 Å². The van der Waals surface area contributed by atoms with Gasteiger partial charge in [-0.3, -0.25) is 0 Å². The molecule has 45 heavy (non-hydrogen) atoms. The molecule has 0 radical (unpaired) electrons. The van der Waals surface area contributed by atoms with E-state index in [1.807, 2.05) is 24.3 Å². The molecule has 4 nitrogen and oxygen atoms in total. The van der Waals surface area contributed by atoms with E-state index in [2.05, 4.69) is 143 Å². The van der Waals surface area contributed by atoms with Crippen LogP contribution in [0.25, 0.3) is 73.3 Å². The zero-order valence-corrected chi connectivity index (χ0v) is 25.9. The van der Waals surface area contributed by atoms with Crippen LogP contribution in [0, 0.1) is 0 Å². The number of halogens is 1. The Morgan fingerprint density at radius 2 is 1.13 bits per heavy atom. The van der Waals surface area contributed by atoms with Crippen LogP contribution in [-0.4, -0.2) is 21.5 Å². The maximum absolute atomic E-state index is 5.15. The minimum Gasteiger partial charge on any atom is -0.379 e. The third-order valence-corrected chi connectivity index (χ3v) is 8.58. The van der Waals surface area contributed by atoms with E-state index in [4.69, 9.17) is 15.0 Å². The quantitative estimate of drug-likeness (QED) is 0.203. The molecule has 1 aliphatic rings. The molecule has 3 heterocycles. The number of pyridine rings is 1. The van der Waals surface area contributed by atoms with Gasteiger partial charge in [-0.1, -0.05) is 131 Å². The maximum Gasteiger partial charge on any atom is 0.160 e. The molecule has 0 aliphatic carbocycles. The third-order valence-electron chi connectivity index (χ3n) is 8.12. The van der Waals surface area contributed by atoms with E-state index in [1.54, 1.807) is 0 Å². The molecule has 214 valence electrons. The standard InChI is InChI=1S/C40H27BrN4/c41-34-23-32(35-20-19-30-18-17-29-12-7-21-42-38(29)39(30)43-35)22-33(24-34)37-25-36(44-40(45-37)31-10-5-2-6-11-31)28-15-13-27(14-16-28)26-8-3-1-4-9-26/h1-20,22-25,42H,21H2. The molecule has 0 saturated carbocycles. The van der Waals surface area contributed by atoms with Crippen molar-refractivity contribution in [2.45, 2.75) is 0 Å². The van der Waals surface area contributed by atoms with E-state index in [0.29, 0.717) is 5.82 Å². The molecule has 0 bridgehead atoms. The lowest BCUT2D eigenvalue weighted by molar-refractivity contribution is 1.18. The van der Waals surface area contributed by atoms with Crippen LogP contribution in [0.5, 0.6) is 0 Å². The highest BCUT2D eigenvalue weighted by atomic mass is 79.9. The monoisotopic (exact) mass is 642 g/mol. The number of fused-ring (bicyclic) bond motifs is 3. The van der Waals surface area contributed by atoms with Gasteiger partial charge in [0.25, 0.3) is 0 Å². The van der Waals surface area contributed by atoms with Gasteiger partial charge in [-0.2, -0.15) is 0 Å². The molecular formula is C40H27BrN4. The van der Waals surface area contributed by atoms with E-state index >= 15 is 0 Å². The van der Waals surface area contributed by atoms with Crippen LogP contribution in [0.1, 0.15) is 5.56 Å². The van der Waals surface area contributed by atoms with Crippen molar-refractivity contribution in [3.8, 4) is 56.3 Å². The highest BCUT2D eigenvalue weighted by Crippen LogP contribution is 2.35. The zero-order valence-electron chi connectivity index (χ0n) is 24.3. The summed E-state index contributed by atoms with van der Waals surface area (Å²) in [5.74, 6) is 0.686. The van der Waals surface area contributed by atoms with Crippen LogP contribution in [-0.2, 0) is 0 Å². The average molecular weight is 644 g/mol. The first-order valence-electron chi connectivity index (χ1n) is 14.9. The lowest BCUT2D eigenvalue weighted by atomic mass is 10.0. The summed E-state index contributed by atoms with van der Waals surface area (Å²) in [5, 5.41) is 4.63. The number of nitrogens with zero attached hydrogens (tertiary/aromatic N) is 3. The van der Waals surface area contributed by atoms with Crippen molar-refractivity contribution >= 4 is 38.6 Å². The summed E-state index contributed by atoms with van der Waals surface area (Å²) in [6, 6.07) is 46.1. The Hall–Kier alpha value is -5.39. The van der Waals surface area contributed by atoms with Gasteiger partial charge in [-0.15, -0.1) is 0 Å². The minimum atomic E-state index is 0.686. The molecule has 0 spiro atoms. The van der Waals surface area contributed by atoms with Crippen molar-refractivity contribution in [3.63, 3.8) is 0 Å². The molecule has 1 aliphatic heterocycles. The molecule has 1 N–H and O–H groups in total. The minimum absolute atomic E-state index is 0.686. The molecule has 0 saturated heterocycles. The van der Waals surface area contributed by atoms with Gasteiger partial charge in [0, 0.05) is 38.7 Å². The predicted molar refractivity (Wildman–Crippen MR) is 190 cm³/mol. The van der Waals surface area contributed by atoms with Gasteiger partial charge in [-0.05, 0) is 47.0 Å². The van der Waals surface area contributed by atoms with Crippen molar-refractivity contribution in [2.24, 2.45) is 0 Å². The molecule has 5 heteroatoms. The smallest absolute Gasteiger partial charge is 0.160 e. The SMILES string of the molecule is Brc1cc(-c2cc(-c3ccc(-c4ccccc4)cc3)nc(-c3ccccc3)n2)cc(-c2ccc3ccc4c(c3n2)NCC=C4)c1. The largest absolute Gasteiger partial charge is 0.379 e. The normalized spacial score (nSPS) is 12.1. The highest BCUT2D eigenvalue weighted by Gasteiger charge is 2.15. The van der Waals surface area contributed by atoms with E-state index in [0.717, 1.165) is 72.5 Å². The Labute approximate surface area is 270 Å². The van der Waals surface area contributed by atoms with Crippen LogP contribution in [0.2, 0.25) is 0 Å². The Kier molecular flexibility index (Phi) is 7.01. The number of nitrogens with one attached hydrogen (secondary N) is 1. The molecule has 7 aromatic rings. The number of rotatable bonds is 5. The van der Waals surface area contributed by atoms with Crippen LogP contribution in [0.3, 0.4) is 0 Å². The summed E-state index contributed by atoms with van der Waals surface area (Å²) in [6.07, 6.45) is 4.29. The first kappa shape index (κ1) is 27.2. The third kappa shape index (κ3) is 5.43. The van der Waals surface area contributed by atoms with Crippen molar-refractivity contribution in [1.82, 2.24) is 15.0 Å². The van der Waals surface area contributed by atoms with E-state index < -0.39 is 0 Å². The lowest BCUT2D eigenvalue weighted by Crippen LogP contribution is -2.05. The molecule has 2 aromatic heterocycles. The van der Waals surface area contributed by atoms with Gasteiger partial charge in [0.05, 0.1) is 28.3 Å². The average Bonchev–Trinajstić information content (AvgIpc) is 3.11. The second kappa shape index (κ2) is 11.6.